The van der Waals surface area contributed by atoms with Crippen LogP contribution in [0.4, 0.5) is 0 Å². The summed E-state index contributed by atoms with van der Waals surface area (Å²) in [6.45, 7) is 5.13. The summed E-state index contributed by atoms with van der Waals surface area (Å²) in [5.41, 5.74) is 0. The second-order valence-electron chi connectivity index (χ2n) is 3.68. The second kappa shape index (κ2) is 9.15. The van der Waals surface area contributed by atoms with Crippen LogP contribution in [0.3, 0.4) is 0 Å². The number of carbonyl (C=O) groups is 2. The highest BCUT2D eigenvalue weighted by atomic mass is 16.5. The van der Waals surface area contributed by atoms with Crippen molar-refractivity contribution in [3.8, 4) is 0 Å². The first kappa shape index (κ1) is 14.9. The van der Waals surface area contributed by atoms with Crippen LogP contribution < -0.4 is 5.32 Å². The van der Waals surface area contributed by atoms with Crippen molar-refractivity contribution in [3.05, 3.63) is 0 Å². The van der Waals surface area contributed by atoms with Crippen LogP contribution in [-0.2, 0) is 14.3 Å². The molecule has 0 aliphatic heterocycles. The maximum atomic E-state index is 11.2. The van der Waals surface area contributed by atoms with Gasteiger partial charge in [0, 0.05) is 19.6 Å². The molecule has 0 saturated carbocycles. The van der Waals surface area contributed by atoms with Crippen molar-refractivity contribution in [2.45, 2.75) is 33.1 Å². The highest BCUT2D eigenvalue weighted by Gasteiger charge is 2.09. The molecule has 1 unspecified atom stereocenters. The van der Waals surface area contributed by atoms with E-state index in [1.165, 1.54) is 0 Å². The lowest BCUT2D eigenvalue weighted by Gasteiger charge is -2.07. The van der Waals surface area contributed by atoms with E-state index in [2.05, 4.69) is 5.32 Å². The third-order valence-electron chi connectivity index (χ3n) is 2.24. The Balaban J connectivity index is 3.37. The predicted molar refractivity (Wildman–Crippen MR) is 60.2 cm³/mol. The number of amides is 1. The first-order chi connectivity index (χ1) is 7.57. The Bertz CT molecular complexity index is 218. The van der Waals surface area contributed by atoms with Gasteiger partial charge in [-0.2, -0.15) is 0 Å². The van der Waals surface area contributed by atoms with Crippen molar-refractivity contribution < 1.29 is 19.4 Å². The molecule has 16 heavy (non-hydrogen) atoms. The van der Waals surface area contributed by atoms with E-state index in [1.54, 1.807) is 6.92 Å². The van der Waals surface area contributed by atoms with Crippen LogP contribution in [0, 0.1) is 5.92 Å². The molecule has 0 aliphatic rings. The summed E-state index contributed by atoms with van der Waals surface area (Å²) < 4.78 is 5.04. The average molecular weight is 231 g/mol. The van der Waals surface area contributed by atoms with Gasteiger partial charge >= 0.3 is 5.97 Å². The van der Waals surface area contributed by atoms with Gasteiger partial charge in [0.2, 0.25) is 5.91 Å². The summed E-state index contributed by atoms with van der Waals surface area (Å²) in [6, 6.07) is 0. The maximum Gasteiger partial charge on any atom is 0.306 e. The second-order valence-corrected chi connectivity index (χ2v) is 3.68. The largest absolute Gasteiger partial charge is 0.481 e. The molecule has 1 atom stereocenters. The minimum Gasteiger partial charge on any atom is -0.481 e. The molecule has 0 radical (unpaired) electrons. The van der Waals surface area contributed by atoms with Gasteiger partial charge in [-0.05, 0) is 19.8 Å². The molecule has 0 aliphatic carbocycles. The molecule has 0 aromatic carbocycles. The molecule has 2 N–H and O–H groups in total. The fourth-order valence-electron chi connectivity index (χ4n) is 1.16. The first-order valence-electron chi connectivity index (χ1n) is 5.65. The van der Waals surface area contributed by atoms with Crippen molar-refractivity contribution >= 4 is 11.9 Å². The number of carboxylic acid groups (broad SMARTS) is 1. The maximum absolute atomic E-state index is 11.2. The highest BCUT2D eigenvalue weighted by molar-refractivity contribution is 5.75. The number of carbonyl (C=O) groups excluding carboxylic acids is 1. The molecule has 1 amide bonds. The number of aliphatic carboxylic acids is 1. The van der Waals surface area contributed by atoms with Gasteiger partial charge in [0.1, 0.15) is 0 Å². The van der Waals surface area contributed by atoms with E-state index in [4.69, 9.17) is 9.84 Å². The molecular weight excluding hydrogens is 210 g/mol. The fourth-order valence-corrected chi connectivity index (χ4v) is 1.16. The van der Waals surface area contributed by atoms with E-state index >= 15 is 0 Å². The molecule has 94 valence electrons. The Hall–Kier alpha value is -1.10. The number of rotatable bonds is 9. The number of carboxylic acids is 1. The molecule has 0 saturated heterocycles. The Labute approximate surface area is 96.2 Å². The van der Waals surface area contributed by atoms with Crippen LogP contribution in [0.1, 0.15) is 33.1 Å². The van der Waals surface area contributed by atoms with Crippen LogP contribution in [0.5, 0.6) is 0 Å². The molecule has 5 heteroatoms. The van der Waals surface area contributed by atoms with Gasteiger partial charge in [0.15, 0.2) is 0 Å². The van der Waals surface area contributed by atoms with Crippen molar-refractivity contribution in [1.29, 1.82) is 0 Å². The Morgan fingerprint density at radius 3 is 2.69 bits per heavy atom. The van der Waals surface area contributed by atoms with E-state index in [1.807, 2.05) is 6.92 Å². The van der Waals surface area contributed by atoms with Gasteiger partial charge in [0.05, 0.1) is 12.5 Å². The van der Waals surface area contributed by atoms with Gasteiger partial charge in [-0.3, -0.25) is 9.59 Å². The summed E-state index contributed by atoms with van der Waals surface area (Å²) in [5.74, 6) is -1.18. The molecule has 5 nitrogen and oxygen atoms in total. The van der Waals surface area contributed by atoms with Gasteiger partial charge in [-0.1, -0.05) is 6.92 Å². The Morgan fingerprint density at radius 2 is 2.12 bits per heavy atom. The zero-order valence-corrected chi connectivity index (χ0v) is 9.99. The monoisotopic (exact) mass is 231 g/mol. The number of hydrogen-bond acceptors (Lipinski definition) is 3. The molecule has 0 heterocycles. The average Bonchev–Trinajstić information content (AvgIpc) is 2.24. The lowest BCUT2D eigenvalue weighted by Crippen LogP contribution is -2.26. The zero-order chi connectivity index (χ0) is 12.4. The first-order valence-corrected chi connectivity index (χ1v) is 5.65. The highest BCUT2D eigenvalue weighted by Crippen LogP contribution is 2.04. The Kier molecular flexibility index (Phi) is 8.52. The molecular formula is C11H21NO4. The van der Waals surface area contributed by atoms with E-state index in [-0.39, 0.29) is 11.8 Å². The molecule has 0 aromatic rings. The fraction of sp³-hybridized carbons (Fsp3) is 0.818. The molecule has 0 rings (SSSR count). The van der Waals surface area contributed by atoms with Gasteiger partial charge in [0.25, 0.3) is 0 Å². The van der Waals surface area contributed by atoms with Gasteiger partial charge in [-0.25, -0.2) is 0 Å². The normalized spacial score (nSPS) is 12.1. The summed E-state index contributed by atoms with van der Waals surface area (Å²) in [7, 11) is 0. The molecule has 0 spiro atoms. The minimum atomic E-state index is -0.789. The van der Waals surface area contributed by atoms with E-state index < -0.39 is 5.97 Å². The van der Waals surface area contributed by atoms with Crippen molar-refractivity contribution in [3.63, 3.8) is 0 Å². The SMILES string of the molecule is CCOCCC(=O)NCCCC(C)C(=O)O. The standard InChI is InChI=1S/C11H21NO4/c1-3-16-8-6-10(13)12-7-4-5-9(2)11(14)15/h9H,3-8H2,1-2H3,(H,12,13)(H,14,15). The smallest absolute Gasteiger partial charge is 0.306 e. The van der Waals surface area contributed by atoms with Crippen LogP contribution >= 0.6 is 0 Å². The van der Waals surface area contributed by atoms with E-state index in [0.29, 0.717) is 39.0 Å². The minimum absolute atomic E-state index is 0.0450. The number of nitrogens with one attached hydrogen (secondary N) is 1. The van der Waals surface area contributed by atoms with E-state index in [9.17, 15) is 9.59 Å². The zero-order valence-electron chi connectivity index (χ0n) is 9.99. The molecule has 0 aromatic heterocycles. The van der Waals surface area contributed by atoms with Crippen LogP contribution in [0.25, 0.3) is 0 Å². The Morgan fingerprint density at radius 1 is 1.44 bits per heavy atom. The van der Waals surface area contributed by atoms with Crippen molar-refractivity contribution in [2.24, 2.45) is 5.92 Å². The summed E-state index contributed by atoms with van der Waals surface area (Å²) in [5, 5.41) is 11.4. The van der Waals surface area contributed by atoms with Crippen LogP contribution in [0.2, 0.25) is 0 Å². The summed E-state index contributed by atoms with van der Waals surface area (Å²) in [6.07, 6.45) is 1.64. The summed E-state index contributed by atoms with van der Waals surface area (Å²) in [4.78, 5) is 21.7. The number of hydrogen-bond donors (Lipinski definition) is 2. The van der Waals surface area contributed by atoms with Crippen molar-refractivity contribution in [1.82, 2.24) is 5.32 Å². The topological polar surface area (TPSA) is 75.6 Å². The lowest BCUT2D eigenvalue weighted by atomic mass is 10.1. The van der Waals surface area contributed by atoms with Gasteiger partial charge in [-0.15, -0.1) is 0 Å². The summed E-state index contributed by atoms with van der Waals surface area (Å²) >= 11 is 0. The quantitative estimate of drug-likeness (QED) is 0.581. The molecule has 0 fully saturated rings. The molecule has 0 bridgehead atoms. The van der Waals surface area contributed by atoms with E-state index in [0.717, 1.165) is 0 Å². The number of ether oxygens (including phenoxy) is 1. The predicted octanol–water partition coefficient (Wildman–Crippen LogP) is 1.03. The van der Waals surface area contributed by atoms with Crippen LogP contribution in [-0.4, -0.2) is 36.7 Å². The third-order valence-corrected chi connectivity index (χ3v) is 2.24. The third kappa shape index (κ3) is 8.23. The van der Waals surface area contributed by atoms with Crippen molar-refractivity contribution in [2.75, 3.05) is 19.8 Å². The van der Waals surface area contributed by atoms with Gasteiger partial charge < -0.3 is 15.2 Å². The lowest BCUT2D eigenvalue weighted by molar-refractivity contribution is -0.141. The van der Waals surface area contributed by atoms with Crippen LogP contribution in [0.15, 0.2) is 0 Å².